The first-order valence-electron chi connectivity index (χ1n) is 2.98. The maximum absolute atomic E-state index is 5.42. The number of nitrogen functional groups attached to an aromatic ring is 1. The van der Waals surface area contributed by atoms with Crippen LogP contribution in [-0.4, -0.2) is 14.9 Å². The standard InChI is InChI=1S/C5H10N4/c1-2-3-5-8-7-4-9(5)6/h4H,2-3,6H2,1H3. The average molecular weight is 126 g/mol. The Kier molecular flexibility index (Phi) is 1.67. The van der Waals surface area contributed by atoms with Crippen molar-refractivity contribution in [1.29, 1.82) is 0 Å². The van der Waals surface area contributed by atoms with Gasteiger partial charge in [0.1, 0.15) is 6.33 Å². The first-order chi connectivity index (χ1) is 4.34. The van der Waals surface area contributed by atoms with Crippen LogP contribution in [0.4, 0.5) is 0 Å². The third-order valence-electron chi connectivity index (χ3n) is 1.12. The van der Waals surface area contributed by atoms with Crippen LogP contribution < -0.4 is 5.84 Å². The zero-order chi connectivity index (χ0) is 6.69. The Balaban J connectivity index is 2.69. The summed E-state index contributed by atoms with van der Waals surface area (Å²) >= 11 is 0. The molecule has 0 unspecified atom stereocenters. The predicted octanol–water partition coefficient (Wildman–Crippen LogP) is -0.0556. The number of nitrogens with zero attached hydrogens (tertiary/aromatic N) is 3. The van der Waals surface area contributed by atoms with E-state index in [2.05, 4.69) is 17.1 Å². The molecule has 0 amide bonds. The zero-order valence-corrected chi connectivity index (χ0v) is 5.41. The van der Waals surface area contributed by atoms with Crippen molar-refractivity contribution in [2.45, 2.75) is 19.8 Å². The third kappa shape index (κ3) is 1.19. The molecule has 1 aromatic heterocycles. The van der Waals surface area contributed by atoms with Gasteiger partial charge in [-0.3, -0.25) is 0 Å². The van der Waals surface area contributed by atoms with Crippen LogP contribution in [0.25, 0.3) is 0 Å². The van der Waals surface area contributed by atoms with Crippen LogP contribution in [0.1, 0.15) is 19.2 Å². The Morgan fingerprint density at radius 1 is 1.78 bits per heavy atom. The lowest BCUT2D eigenvalue weighted by Gasteiger charge is -1.93. The van der Waals surface area contributed by atoms with Gasteiger partial charge in [-0.25, -0.2) is 4.68 Å². The fourth-order valence-electron chi connectivity index (χ4n) is 0.669. The summed E-state index contributed by atoms with van der Waals surface area (Å²) in [4.78, 5) is 0. The van der Waals surface area contributed by atoms with Gasteiger partial charge >= 0.3 is 0 Å². The molecule has 0 aliphatic rings. The topological polar surface area (TPSA) is 56.7 Å². The van der Waals surface area contributed by atoms with E-state index < -0.39 is 0 Å². The largest absolute Gasteiger partial charge is 0.336 e. The molecule has 0 atom stereocenters. The summed E-state index contributed by atoms with van der Waals surface area (Å²) in [5.74, 6) is 6.26. The van der Waals surface area contributed by atoms with E-state index >= 15 is 0 Å². The summed E-state index contributed by atoms with van der Waals surface area (Å²) in [5.41, 5.74) is 0. The quantitative estimate of drug-likeness (QED) is 0.565. The molecule has 0 saturated carbocycles. The molecule has 9 heavy (non-hydrogen) atoms. The van der Waals surface area contributed by atoms with Crippen LogP contribution in [0, 0.1) is 0 Å². The molecular formula is C5H10N4. The van der Waals surface area contributed by atoms with Gasteiger partial charge in [0.25, 0.3) is 0 Å². The van der Waals surface area contributed by atoms with Crippen molar-refractivity contribution in [3.05, 3.63) is 12.2 Å². The Morgan fingerprint density at radius 2 is 2.56 bits per heavy atom. The number of aryl methyl sites for hydroxylation is 1. The summed E-state index contributed by atoms with van der Waals surface area (Å²) in [6.07, 6.45) is 3.46. The summed E-state index contributed by atoms with van der Waals surface area (Å²) in [7, 11) is 0. The van der Waals surface area contributed by atoms with Crippen molar-refractivity contribution < 1.29 is 0 Å². The summed E-state index contributed by atoms with van der Waals surface area (Å²) in [5, 5.41) is 7.42. The van der Waals surface area contributed by atoms with E-state index in [1.54, 1.807) is 0 Å². The Bertz CT molecular complexity index is 181. The minimum Gasteiger partial charge on any atom is -0.336 e. The van der Waals surface area contributed by atoms with Gasteiger partial charge in [-0.1, -0.05) is 6.92 Å². The predicted molar refractivity (Wildman–Crippen MR) is 34.2 cm³/mol. The Labute approximate surface area is 53.7 Å². The molecule has 0 aliphatic heterocycles. The van der Waals surface area contributed by atoms with Gasteiger partial charge < -0.3 is 5.84 Å². The molecule has 1 rings (SSSR count). The first-order valence-corrected chi connectivity index (χ1v) is 2.98. The van der Waals surface area contributed by atoms with Crippen LogP contribution in [-0.2, 0) is 6.42 Å². The minimum absolute atomic E-state index is 0.845. The number of nitrogens with two attached hydrogens (primary N) is 1. The highest BCUT2D eigenvalue weighted by atomic mass is 15.4. The second-order valence-electron chi connectivity index (χ2n) is 1.90. The third-order valence-corrected chi connectivity index (χ3v) is 1.12. The van der Waals surface area contributed by atoms with Crippen LogP contribution in [0.2, 0.25) is 0 Å². The molecule has 2 N–H and O–H groups in total. The fourth-order valence-corrected chi connectivity index (χ4v) is 0.669. The normalized spacial score (nSPS) is 9.89. The molecule has 1 aromatic rings. The highest BCUT2D eigenvalue weighted by Gasteiger charge is 1.96. The summed E-state index contributed by atoms with van der Waals surface area (Å²) < 4.78 is 1.45. The molecule has 4 heteroatoms. The fraction of sp³-hybridized carbons (Fsp3) is 0.600. The lowest BCUT2D eigenvalue weighted by molar-refractivity contribution is 0.786. The number of hydrogen-bond donors (Lipinski definition) is 1. The highest BCUT2D eigenvalue weighted by molar-refractivity contribution is 4.84. The Hall–Kier alpha value is -1.06. The molecule has 50 valence electrons. The molecule has 0 bridgehead atoms. The van der Waals surface area contributed by atoms with Crippen molar-refractivity contribution in [3.8, 4) is 0 Å². The van der Waals surface area contributed by atoms with E-state index in [1.807, 2.05) is 0 Å². The molecule has 4 nitrogen and oxygen atoms in total. The zero-order valence-electron chi connectivity index (χ0n) is 5.41. The van der Waals surface area contributed by atoms with Gasteiger partial charge in [-0.2, -0.15) is 0 Å². The Morgan fingerprint density at radius 3 is 3.00 bits per heavy atom. The molecule has 0 aromatic carbocycles. The summed E-state index contributed by atoms with van der Waals surface area (Å²) in [6, 6.07) is 0. The van der Waals surface area contributed by atoms with E-state index in [4.69, 9.17) is 5.84 Å². The van der Waals surface area contributed by atoms with E-state index in [-0.39, 0.29) is 0 Å². The van der Waals surface area contributed by atoms with Gasteiger partial charge in [0, 0.05) is 6.42 Å². The van der Waals surface area contributed by atoms with Gasteiger partial charge in [-0.15, -0.1) is 10.2 Å². The number of rotatable bonds is 2. The number of aromatic nitrogens is 3. The number of hydrogen-bond acceptors (Lipinski definition) is 3. The van der Waals surface area contributed by atoms with E-state index in [9.17, 15) is 0 Å². The monoisotopic (exact) mass is 126 g/mol. The molecule has 0 spiro atoms. The van der Waals surface area contributed by atoms with Crippen molar-refractivity contribution in [1.82, 2.24) is 14.9 Å². The molecule has 1 heterocycles. The second kappa shape index (κ2) is 2.48. The van der Waals surface area contributed by atoms with Crippen LogP contribution in [0.15, 0.2) is 6.33 Å². The molecule has 0 fully saturated rings. The molecule has 0 aliphatic carbocycles. The van der Waals surface area contributed by atoms with E-state index in [0.29, 0.717) is 0 Å². The highest BCUT2D eigenvalue weighted by Crippen LogP contribution is 1.92. The molecule has 0 saturated heterocycles. The van der Waals surface area contributed by atoms with E-state index in [1.165, 1.54) is 11.0 Å². The average Bonchev–Trinajstić information content (AvgIpc) is 2.18. The van der Waals surface area contributed by atoms with Gasteiger partial charge in [-0.05, 0) is 6.42 Å². The lowest BCUT2D eigenvalue weighted by atomic mass is 10.3. The molecule has 0 radical (unpaired) electrons. The molecular weight excluding hydrogens is 116 g/mol. The van der Waals surface area contributed by atoms with Crippen LogP contribution >= 0.6 is 0 Å². The summed E-state index contributed by atoms with van der Waals surface area (Å²) in [6.45, 7) is 2.08. The minimum atomic E-state index is 0.845. The SMILES string of the molecule is CCCc1nncn1N. The first kappa shape index (κ1) is 6.07. The smallest absolute Gasteiger partial charge is 0.151 e. The van der Waals surface area contributed by atoms with E-state index in [0.717, 1.165) is 18.7 Å². The van der Waals surface area contributed by atoms with Crippen LogP contribution in [0.5, 0.6) is 0 Å². The van der Waals surface area contributed by atoms with Gasteiger partial charge in [0.05, 0.1) is 0 Å². The van der Waals surface area contributed by atoms with Crippen molar-refractivity contribution >= 4 is 0 Å². The van der Waals surface area contributed by atoms with Gasteiger partial charge in [0.15, 0.2) is 5.82 Å². The van der Waals surface area contributed by atoms with Crippen molar-refractivity contribution in [2.24, 2.45) is 0 Å². The van der Waals surface area contributed by atoms with Crippen LogP contribution in [0.3, 0.4) is 0 Å². The van der Waals surface area contributed by atoms with Crippen molar-refractivity contribution in [3.63, 3.8) is 0 Å². The maximum Gasteiger partial charge on any atom is 0.151 e. The maximum atomic E-state index is 5.42. The lowest BCUT2D eigenvalue weighted by Crippen LogP contribution is -2.10. The second-order valence-corrected chi connectivity index (χ2v) is 1.90. The van der Waals surface area contributed by atoms with Crippen molar-refractivity contribution in [2.75, 3.05) is 5.84 Å². The van der Waals surface area contributed by atoms with Gasteiger partial charge in [0.2, 0.25) is 0 Å².